The molecule has 2 N–H and O–H groups in total. The summed E-state index contributed by atoms with van der Waals surface area (Å²) in [4.78, 5) is 0. The molecule has 21 heavy (non-hydrogen) atoms. The number of hydrogen-bond donors (Lipinski definition) is 2. The molecule has 0 heterocycles. The maximum Gasteiger partial charge on any atom is 0.405 e. The van der Waals surface area contributed by atoms with E-state index in [1.54, 1.807) is 27.7 Å². The lowest BCUT2D eigenvalue weighted by Crippen LogP contribution is -2.22. The number of rotatable bonds is 14. The zero-order chi connectivity index (χ0) is 16.2. The van der Waals surface area contributed by atoms with Crippen LogP contribution in [0.5, 0.6) is 0 Å². The third kappa shape index (κ3) is 9.76. The van der Waals surface area contributed by atoms with Crippen molar-refractivity contribution in [2.24, 2.45) is 0 Å². The van der Waals surface area contributed by atoms with Crippen molar-refractivity contribution >= 4 is 15.5 Å². The van der Waals surface area contributed by atoms with Gasteiger partial charge < -0.3 is 0 Å². The monoisotopic (exact) mass is 346 g/mol. The molecule has 0 amide bonds. The van der Waals surface area contributed by atoms with Gasteiger partial charge in [-0.1, -0.05) is 0 Å². The Morgan fingerprint density at radius 2 is 0.952 bits per heavy atom. The second kappa shape index (κ2) is 11.7. The van der Waals surface area contributed by atoms with Crippen molar-refractivity contribution in [2.75, 3.05) is 39.5 Å². The predicted octanol–water partition coefficient (Wildman–Crippen LogP) is 2.92. The first-order valence-electron chi connectivity index (χ1n) is 7.23. The SMILES string of the molecule is CCOP(=O)(NCCCNP(=O)(OCC)OCC)OCC. The average Bonchev–Trinajstić information content (AvgIpc) is 2.39. The fourth-order valence-corrected chi connectivity index (χ4v) is 4.20. The summed E-state index contributed by atoms with van der Waals surface area (Å²) in [5.74, 6) is 0. The summed E-state index contributed by atoms with van der Waals surface area (Å²) < 4.78 is 44.6. The Hall–Kier alpha value is 0.220. The van der Waals surface area contributed by atoms with Crippen molar-refractivity contribution in [2.45, 2.75) is 34.1 Å². The first-order chi connectivity index (χ1) is 9.95. The third-order valence-corrected chi connectivity index (χ3v) is 5.77. The summed E-state index contributed by atoms with van der Waals surface area (Å²) in [6.45, 7) is 8.96. The van der Waals surface area contributed by atoms with E-state index in [4.69, 9.17) is 18.1 Å². The van der Waals surface area contributed by atoms with Crippen LogP contribution >= 0.6 is 15.5 Å². The minimum atomic E-state index is -3.23. The lowest BCUT2D eigenvalue weighted by Gasteiger charge is -2.19. The molecule has 0 aromatic rings. The third-order valence-electron chi connectivity index (χ3n) is 2.16. The topological polar surface area (TPSA) is 95.1 Å². The standard InChI is InChI=1S/C11H28N2O6P2/c1-5-16-20(14,17-6-2)12-10-9-11-13-21(15,18-7-3)19-8-4/h5-11H2,1-4H3,(H,12,14)(H,13,15). The van der Waals surface area contributed by atoms with E-state index < -0.39 is 15.5 Å². The van der Waals surface area contributed by atoms with Crippen LogP contribution in [-0.2, 0) is 27.2 Å². The van der Waals surface area contributed by atoms with Crippen molar-refractivity contribution in [1.82, 2.24) is 10.2 Å². The highest BCUT2D eigenvalue weighted by molar-refractivity contribution is 7.51. The largest absolute Gasteiger partial charge is 0.405 e. The van der Waals surface area contributed by atoms with Gasteiger partial charge in [-0.2, -0.15) is 0 Å². The zero-order valence-electron chi connectivity index (χ0n) is 13.3. The first-order valence-corrected chi connectivity index (χ1v) is 10.3. The highest BCUT2D eigenvalue weighted by Crippen LogP contribution is 2.44. The molecule has 0 radical (unpaired) electrons. The minimum Gasteiger partial charge on any atom is -0.297 e. The van der Waals surface area contributed by atoms with Crippen LogP contribution in [0.15, 0.2) is 0 Å². The van der Waals surface area contributed by atoms with Gasteiger partial charge in [0.15, 0.2) is 0 Å². The van der Waals surface area contributed by atoms with E-state index in [1.807, 2.05) is 0 Å². The number of nitrogens with one attached hydrogen (secondary N) is 2. The normalized spacial score (nSPS) is 12.8. The fourth-order valence-electron chi connectivity index (χ4n) is 1.46. The minimum absolute atomic E-state index is 0.298. The quantitative estimate of drug-likeness (QED) is 0.366. The average molecular weight is 346 g/mol. The van der Waals surface area contributed by atoms with E-state index in [9.17, 15) is 9.13 Å². The Bertz CT molecular complexity index is 304. The molecule has 0 rings (SSSR count). The molecule has 0 unspecified atom stereocenters. The molecule has 0 aliphatic carbocycles. The van der Waals surface area contributed by atoms with Gasteiger partial charge in [-0.15, -0.1) is 0 Å². The molecule has 0 spiro atoms. The van der Waals surface area contributed by atoms with Crippen molar-refractivity contribution in [3.63, 3.8) is 0 Å². The number of hydrogen-bond acceptors (Lipinski definition) is 6. The molecule has 0 aromatic carbocycles. The van der Waals surface area contributed by atoms with Crippen molar-refractivity contribution in [1.29, 1.82) is 0 Å². The van der Waals surface area contributed by atoms with Gasteiger partial charge in [0.2, 0.25) is 0 Å². The van der Waals surface area contributed by atoms with E-state index in [-0.39, 0.29) is 0 Å². The van der Waals surface area contributed by atoms with E-state index in [1.165, 1.54) is 0 Å². The summed E-state index contributed by atoms with van der Waals surface area (Å²) >= 11 is 0. The molecule has 0 atom stereocenters. The predicted molar refractivity (Wildman–Crippen MR) is 82.3 cm³/mol. The van der Waals surface area contributed by atoms with E-state index in [0.717, 1.165) is 0 Å². The molecule has 0 aromatic heterocycles. The maximum absolute atomic E-state index is 12.1. The molecule has 0 aliphatic rings. The molecule has 0 saturated carbocycles. The van der Waals surface area contributed by atoms with Crippen molar-refractivity contribution < 1.29 is 27.2 Å². The zero-order valence-corrected chi connectivity index (χ0v) is 15.1. The van der Waals surface area contributed by atoms with Crippen LogP contribution in [0.4, 0.5) is 0 Å². The van der Waals surface area contributed by atoms with Gasteiger partial charge in [0, 0.05) is 13.1 Å². The second-order valence-electron chi connectivity index (χ2n) is 3.84. The smallest absolute Gasteiger partial charge is 0.297 e. The summed E-state index contributed by atoms with van der Waals surface area (Å²) in [5.41, 5.74) is 0. The Morgan fingerprint density at radius 3 is 1.19 bits per heavy atom. The van der Waals surface area contributed by atoms with E-state index >= 15 is 0 Å². The molecule has 0 aliphatic heterocycles. The van der Waals surface area contributed by atoms with Gasteiger partial charge in [0.25, 0.3) is 0 Å². The summed E-state index contributed by atoms with van der Waals surface area (Å²) in [6.07, 6.45) is 0.564. The van der Waals surface area contributed by atoms with Crippen LogP contribution in [0, 0.1) is 0 Å². The van der Waals surface area contributed by atoms with Crippen LogP contribution in [0.1, 0.15) is 34.1 Å². The fraction of sp³-hybridized carbons (Fsp3) is 1.00. The van der Waals surface area contributed by atoms with Crippen molar-refractivity contribution in [3.05, 3.63) is 0 Å². The second-order valence-corrected chi connectivity index (χ2v) is 7.49. The molecule has 10 heteroatoms. The van der Waals surface area contributed by atoms with Crippen molar-refractivity contribution in [3.8, 4) is 0 Å². The molecule has 8 nitrogen and oxygen atoms in total. The van der Waals surface area contributed by atoms with Crippen LogP contribution in [0.3, 0.4) is 0 Å². The lowest BCUT2D eigenvalue weighted by atomic mass is 10.4. The Labute approximate surface area is 127 Å². The maximum atomic E-state index is 12.1. The van der Waals surface area contributed by atoms with Gasteiger partial charge in [-0.05, 0) is 34.1 Å². The molecule has 0 saturated heterocycles. The Morgan fingerprint density at radius 1 is 0.667 bits per heavy atom. The van der Waals surface area contributed by atoms with Gasteiger partial charge in [0.05, 0.1) is 26.4 Å². The lowest BCUT2D eigenvalue weighted by molar-refractivity contribution is 0.209. The van der Waals surface area contributed by atoms with Crippen LogP contribution in [0.2, 0.25) is 0 Å². The molecule has 0 fully saturated rings. The molecular weight excluding hydrogens is 318 g/mol. The van der Waals surface area contributed by atoms with E-state index in [0.29, 0.717) is 45.9 Å². The Balaban J connectivity index is 4.07. The van der Waals surface area contributed by atoms with Crippen LogP contribution in [-0.4, -0.2) is 39.5 Å². The molecule has 0 bridgehead atoms. The van der Waals surface area contributed by atoms with Gasteiger partial charge >= 0.3 is 15.5 Å². The van der Waals surface area contributed by atoms with E-state index in [2.05, 4.69) is 10.2 Å². The Kier molecular flexibility index (Phi) is 11.9. The first kappa shape index (κ1) is 21.2. The van der Waals surface area contributed by atoms with Crippen LogP contribution < -0.4 is 10.2 Å². The van der Waals surface area contributed by atoms with Crippen LogP contribution in [0.25, 0.3) is 0 Å². The highest BCUT2D eigenvalue weighted by Gasteiger charge is 2.24. The summed E-state index contributed by atoms with van der Waals surface area (Å²) in [5, 5.41) is 5.50. The highest BCUT2D eigenvalue weighted by atomic mass is 31.2. The van der Waals surface area contributed by atoms with Gasteiger partial charge in [-0.3, -0.25) is 18.1 Å². The van der Waals surface area contributed by atoms with Gasteiger partial charge in [0.1, 0.15) is 0 Å². The molecular formula is C11H28N2O6P2. The molecule has 128 valence electrons. The van der Waals surface area contributed by atoms with Gasteiger partial charge in [-0.25, -0.2) is 19.3 Å². The summed E-state index contributed by atoms with van der Waals surface area (Å²) in [6, 6.07) is 0. The summed E-state index contributed by atoms with van der Waals surface area (Å²) in [7, 11) is -6.47.